The lowest BCUT2D eigenvalue weighted by molar-refractivity contribution is -0.137. The molecule has 2 aromatic rings. The van der Waals surface area contributed by atoms with Crippen LogP contribution in [0.25, 0.3) is 0 Å². The number of carbonyl (C=O) groups is 1. The van der Waals surface area contributed by atoms with E-state index in [1.165, 1.54) is 23.1 Å². The summed E-state index contributed by atoms with van der Waals surface area (Å²) in [4.78, 5) is 13.7. The van der Waals surface area contributed by atoms with Crippen LogP contribution in [0.4, 0.5) is 18.9 Å². The first-order chi connectivity index (χ1) is 14.8. The van der Waals surface area contributed by atoms with Gasteiger partial charge in [-0.3, -0.25) is 9.52 Å². The van der Waals surface area contributed by atoms with Crippen molar-refractivity contribution in [2.45, 2.75) is 16.3 Å². The summed E-state index contributed by atoms with van der Waals surface area (Å²) in [5, 5.41) is -1.83. The van der Waals surface area contributed by atoms with Crippen molar-refractivity contribution >= 4 is 56.6 Å². The molecule has 2 rings (SSSR count). The summed E-state index contributed by atoms with van der Waals surface area (Å²) in [7, 11) is -1.12. The number of thioether (sulfide) groups is 1. The zero-order valence-corrected chi connectivity index (χ0v) is 20.1. The smallest absolute Gasteiger partial charge is 0.348 e. The molecule has 2 aromatic carbocycles. The molecule has 32 heavy (non-hydrogen) atoms. The number of hydrogen-bond acceptors (Lipinski definition) is 4. The molecule has 0 aliphatic heterocycles. The van der Waals surface area contributed by atoms with Crippen LogP contribution in [-0.4, -0.2) is 39.1 Å². The Bertz CT molecular complexity index is 1120. The molecule has 0 fully saturated rings. The lowest BCUT2D eigenvalue weighted by Crippen LogP contribution is -2.23. The highest BCUT2D eigenvalue weighted by molar-refractivity contribution is 8.00. The molecule has 1 N–H and O–H groups in total. The molecule has 5 nitrogen and oxygen atoms in total. The molecule has 0 saturated heterocycles. The molecule has 0 aromatic heterocycles. The molecule has 0 saturated carbocycles. The van der Waals surface area contributed by atoms with Crippen LogP contribution in [0.2, 0.25) is 10.0 Å². The van der Waals surface area contributed by atoms with E-state index in [4.69, 9.17) is 23.2 Å². The molecule has 0 bridgehead atoms. The van der Waals surface area contributed by atoms with Gasteiger partial charge in [0.1, 0.15) is 5.25 Å². The number of sulfonamides is 1. The van der Waals surface area contributed by atoms with Crippen LogP contribution in [0.1, 0.15) is 16.4 Å². The Balaban J connectivity index is 2.41. The number of benzene rings is 2. The third-order valence-electron chi connectivity index (χ3n) is 4.22. The minimum absolute atomic E-state index is 0.0420. The number of amides is 1. The first-order valence-corrected chi connectivity index (χ1v) is 12.2. The van der Waals surface area contributed by atoms with Gasteiger partial charge in [-0.05, 0) is 35.9 Å². The number of nitrogens with one attached hydrogen (secondary N) is 1. The average molecular weight is 527 g/mol. The monoisotopic (exact) mass is 526 g/mol. The Morgan fingerprint density at radius 2 is 1.88 bits per heavy atom. The Morgan fingerprint density at radius 1 is 1.22 bits per heavy atom. The van der Waals surface area contributed by atoms with Crippen molar-refractivity contribution in [3.8, 4) is 0 Å². The van der Waals surface area contributed by atoms with Crippen LogP contribution in [0, 0.1) is 0 Å². The van der Waals surface area contributed by atoms with E-state index in [1.807, 2.05) is 0 Å². The minimum atomic E-state index is -4.76. The van der Waals surface area contributed by atoms with Crippen LogP contribution >= 0.6 is 35.0 Å². The first-order valence-electron chi connectivity index (χ1n) is 8.89. The Kier molecular flexibility index (Phi) is 8.55. The van der Waals surface area contributed by atoms with Crippen LogP contribution < -0.4 is 4.72 Å². The zero-order chi connectivity index (χ0) is 24.3. The molecule has 1 amide bonds. The van der Waals surface area contributed by atoms with E-state index in [0.29, 0.717) is 11.0 Å². The van der Waals surface area contributed by atoms with E-state index in [2.05, 4.69) is 11.3 Å². The largest absolute Gasteiger partial charge is 0.417 e. The van der Waals surface area contributed by atoms with Gasteiger partial charge in [-0.2, -0.15) is 13.2 Å². The predicted molar refractivity (Wildman–Crippen MR) is 123 cm³/mol. The summed E-state index contributed by atoms with van der Waals surface area (Å²) in [5.41, 5.74) is -1.23. The lowest BCUT2D eigenvalue weighted by atomic mass is 10.1. The van der Waals surface area contributed by atoms with Gasteiger partial charge in [0.05, 0.1) is 22.0 Å². The van der Waals surface area contributed by atoms with Crippen LogP contribution in [0.5, 0.6) is 0 Å². The lowest BCUT2D eigenvalue weighted by Gasteiger charge is -2.19. The summed E-state index contributed by atoms with van der Waals surface area (Å²) < 4.78 is 68.1. The number of halogens is 5. The fourth-order valence-electron chi connectivity index (χ4n) is 2.57. The number of nitrogens with zero attached hydrogens (tertiary/aromatic N) is 1. The van der Waals surface area contributed by atoms with Crippen LogP contribution in [-0.2, 0) is 21.0 Å². The molecule has 0 spiro atoms. The standard InChI is InChI=1S/C20H19Cl2F3N2O3S2/c1-4-18(12-5-7-15(22)14(9-12)20(23,24)25)32(29,30)26-16-10-13(21)6-8-17(16)31-11-19(28)27(2)3/h4-10,18,26H,1,11H2,2-3H3. The molecule has 0 aliphatic rings. The molecular weight excluding hydrogens is 508 g/mol. The van der Waals surface area contributed by atoms with Crippen molar-refractivity contribution in [1.29, 1.82) is 0 Å². The Hall–Kier alpha value is -1.88. The quantitative estimate of drug-likeness (QED) is 0.345. The second kappa shape index (κ2) is 10.4. The molecular formula is C20H19Cl2F3N2O3S2. The van der Waals surface area contributed by atoms with Crippen LogP contribution in [0.15, 0.2) is 53.9 Å². The maximum absolute atomic E-state index is 13.2. The van der Waals surface area contributed by atoms with Crippen molar-refractivity contribution in [3.63, 3.8) is 0 Å². The second-order valence-corrected chi connectivity index (χ2v) is 10.4. The SMILES string of the molecule is C=CC(c1ccc(Cl)c(C(F)(F)F)c1)S(=O)(=O)Nc1cc(Cl)ccc1SCC(=O)N(C)C. The van der Waals surface area contributed by atoms with Gasteiger partial charge in [0.15, 0.2) is 0 Å². The molecule has 0 aliphatic carbocycles. The number of alkyl halides is 3. The zero-order valence-electron chi connectivity index (χ0n) is 16.9. The highest BCUT2D eigenvalue weighted by Crippen LogP contribution is 2.38. The average Bonchev–Trinajstić information content (AvgIpc) is 2.67. The van der Waals surface area contributed by atoms with Gasteiger partial charge in [0.25, 0.3) is 0 Å². The van der Waals surface area contributed by atoms with E-state index in [9.17, 15) is 26.4 Å². The molecule has 174 valence electrons. The summed E-state index contributed by atoms with van der Waals surface area (Å²) in [6.45, 7) is 3.46. The van der Waals surface area contributed by atoms with E-state index in [-0.39, 0.29) is 27.9 Å². The van der Waals surface area contributed by atoms with Crippen molar-refractivity contribution in [1.82, 2.24) is 4.90 Å². The maximum Gasteiger partial charge on any atom is 0.417 e. The van der Waals surface area contributed by atoms with E-state index < -0.39 is 32.0 Å². The van der Waals surface area contributed by atoms with Gasteiger partial charge in [0.2, 0.25) is 15.9 Å². The maximum atomic E-state index is 13.2. The third kappa shape index (κ3) is 6.57. The fourth-order valence-corrected chi connectivity index (χ4v) is 5.36. The minimum Gasteiger partial charge on any atom is -0.348 e. The normalized spacial score (nSPS) is 12.8. The van der Waals surface area contributed by atoms with E-state index in [0.717, 1.165) is 23.9 Å². The third-order valence-corrected chi connectivity index (χ3v) is 7.48. The molecule has 0 heterocycles. The van der Waals surface area contributed by atoms with Gasteiger partial charge in [-0.15, -0.1) is 18.3 Å². The summed E-state index contributed by atoms with van der Waals surface area (Å²) in [6, 6.07) is 7.27. The number of rotatable bonds is 8. The molecule has 12 heteroatoms. The number of carbonyl (C=O) groups excluding carboxylic acids is 1. The van der Waals surface area contributed by atoms with Gasteiger partial charge in [-0.25, -0.2) is 8.42 Å². The summed E-state index contributed by atoms with van der Waals surface area (Å²) in [5.74, 6) is -0.149. The molecule has 1 atom stereocenters. The van der Waals surface area contributed by atoms with E-state index in [1.54, 1.807) is 20.2 Å². The highest BCUT2D eigenvalue weighted by Gasteiger charge is 2.35. The fraction of sp³-hybridized carbons (Fsp3) is 0.250. The van der Waals surface area contributed by atoms with E-state index >= 15 is 0 Å². The van der Waals surface area contributed by atoms with Gasteiger partial charge < -0.3 is 4.90 Å². The van der Waals surface area contributed by atoms with Gasteiger partial charge >= 0.3 is 6.18 Å². The summed E-state index contributed by atoms with van der Waals surface area (Å²) in [6.07, 6.45) is -3.75. The highest BCUT2D eigenvalue weighted by atomic mass is 35.5. The van der Waals surface area contributed by atoms with Gasteiger partial charge in [0, 0.05) is 24.0 Å². The Labute approximate surface area is 198 Å². The van der Waals surface area contributed by atoms with Crippen molar-refractivity contribution in [2.24, 2.45) is 0 Å². The predicted octanol–water partition coefficient (Wildman–Crippen LogP) is 5.86. The van der Waals surface area contributed by atoms with Crippen molar-refractivity contribution in [3.05, 3.63) is 70.2 Å². The van der Waals surface area contributed by atoms with Crippen molar-refractivity contribution in [2.75, 3.05) is 24.6 Å². The molecule has 1 unspecified atom stereocenters. The topological polar surface area (TPSA) is 66.5 Å². The second-order valence-electron chi connectivity index (χ2n) is 6.76. The molecule has 0 radical (unpaired) electrons. The van der Waals surface area contributed by atoms with Crippen LogP contribution in [0.3, 0.4) is 0 Å². The first kappa shape index (κ1) is 26.4. The Morgan fingerprint density at radius 3 is 2.44 bits per heavy atom. The number of hydrogen-bond donors (Lipinski definition) is 1. The number of anilines is 1. The summed E-state index contributed by atoms with van der Waals surface area (Å²) >= 11 is 12.7. The van der Waals surface area contributed by atoms with Crippen molar-refractivity contribution < 1.29 is 26.4 Å². The van der Waals surface area contributed by atoms with Gasteiger partial charge in [-0.1, -0.05) is 35.3 Å².